The van der Waals surface area contributed by atoms with Gasteiger partial charge in [0.25, 0.3) is 0 Å². The third-order valence-electron chi connectivity index (χ3n) is 4.53. The maximum absolute atomic E-state index is 10.9. The van der Waals surface area contributed by atoms with Gasteiger partial charge >= 0.3 is 5.97 Å². The first-order valence-electron chi connectivity index (χ1n) is 7.55. The Bertz CT molecular complexity index is 460. The average molecular weight is 294 g/mol. The first-order valence-corrected chi connectivity index (χ1v) is 8.43. The minimum absolute atomic E-state index is 0.443. The fourth-order valence-electron chi connectivity index (χ4n) is 3.38. The molecule has 2 aliphatic heterocycles. The zero-order valence-corrected chi connectivity index (χ0v) is 12.6. The summed E-state index contributed by atoms with van der Waals surface area (Å²) in [5.74, 6) is -0.815. The first kappa shape index (κ1) is 13.9. The molecule has 0 aromatic carbocycles. The van der Waals surface area contributed by atoms with Crippen molar-refractivity contribution in [2.45, 2.75) is 38.1 Å². The number of piperidine rings is 2. The van der Waals surface area contributed by atoms with Crippen molar-refractivity contribution in [1.82, 2.24) is 4.90 Å². The SMILES string of the molecule is O=C(O)c1cc(N2CCC(N3CCCCC3)CC2)cs1. The normalized spacial score (nSPS) is 22.1. The van der Waals surface area contributed by atoms with E-state index in [0.717, 1.165) is 24.8 Å². The number of carboxylic acids is 1. The molecule has 0 amide bonds. The van der Waals surface area contributed by atoms with Crippen molar-refractivity contribution in [2.24, 2.45) is 0 Å². The molecule has 0 saturated carbocycles. The predicted octanol–water partition coefficient (Wildman–Crippen LogP) is 2.90. The first-order chi connectivity index (χ1) is 9.74. The quantitative estimate of drug-likeness (QED) is 0.931. The van der Waals surface area contributed by atoms with Crippen LogP contribution in [-0.2, 0) is 0 Å². The second-order valence-corrected chi connectivity index (χ2v) is 6.70. The summed E-state index contributed by atoms with van der Waals surface area (Å²) >= 11 is 1.33. The van der Waals surface area contributed by atoms with Crippen LogP contribution in [0.2, 0.25) is 0 Å². The van der Waals surface area contributed by atoms with E-state index in [2.05, 4.69) is 9.80 Å². The van der Waals surface area contributed by atoms with E-state index < -0.39 is 5.97 Å². The lowest BCUT2D eigenvalue weighted by Crippen LogP contribution is -2.46. The van der Waals surface area contributed by atoms with Gasteiger partial charge in [-0.05, 0) is 44.8 Å². The molecule has 0 bridgehead atoms. The monoisotopic (exact) mass is 294 g/mol. The van der Waals surface area contributed by atoms with E-state index in [4.69, 9.17) is 5.11 Å². The summed E-state index contributed by atoms with van der Waals surface area (Å²) in [7, 11) is 0. The van der Waals surface area contributed by atoms with Gasteiger partial charge in [0.2, 0.25) is 0 Å². The minimum Gasteiger partial charge on any atom is -0.477 e. The summed E-state index contributed by atoms with van der Waals surface area (Å²) in [4.78, 5) is 16.4. The van der Waals surface area contributed by atoms with Crippen LogP contribution < -0.4 is 4.90 Å². The van der Waals surface area contributed by atoms with Gasteiger partial charge in [0.1, 0.15) is 4.88 Å². The molecule has 1 aromatic rings. The Morgan fingerprint density at radius 1 is 1.15 bits per heavy atom. The lowest BCUT2D eigenvalue weighted by atomic mass is 10.00. The Morgan fingerprint density at radius 3 is 2.45 bits per heavy atom. The largest absolute Gasteiger partial charge is 0.477 e. The van der Waals surface area contributed by atoms with E-state index >= 15 is 0 Å². The summed E-state index contributed by atoms with van der Waals surface area (Å²) < 4.78 is 0. The summed E-state index contributed by atoms with van der Waals surface area (Å²) in [5, 5.41) is 11.0. The number of rotatable bonds is 3. The minimum atomic E-state index is -0.815. The van der Waals surface area contributed by atoms with Crippen molar-refractivity contribution >= 4 is 23.0 Å². The molecule has 0 atom stereocenters. The van der Waals surface area contributed by atoms with Crippen LogP contribution in [0.3, 0.4) is 0 Å². The summed E-state index contributed by atoms with van der Waals surface area (Å²) in [6.45, 7) is 4.65. The van der Waals surface area contributed by atoms with E-state index in [9.17, 15) is 4.79 Å². The molecule has 3 rings (SSSR count). The van der Waals surface area contributed by atoms with Gasteiger partial charge < -0.3 is 14.9 Å². The highest BCUT2D eigenvalue weighted by molar-refractivity contribution is 7.12. The van der Waals surface area contributed by atoms with Gasteiger partial charge in [-0.25, -0.2) is 4.79 Å². The molecule has 3 heterocycles. The third-order valence-corrected chi connectivity index (χ3v) is 5.44. The van der Waals surface area contributed by atoms with Gasteiger partial charge in [-0.1, -0.05) is 6.42 Å². The van der Waals surface area contributed by atoms with Crippen molar-refractivity contribution in [1.29, 1.82) is 0 Å². The van der Waals surface area contributed by atoms with Crippen molar-refractivity contribution in [2.75, 3.05) is 31.1 Å². The van der Waals surface area contributed by atoms with E-state index in [0.29, 0.717) is 4.88 Å². The molecule has 1 N–H and O–H groups in total. The standard InChI is InChI=1S/C15H22N2O2S/c18-15(19)14-10-13(11-20-14)17-8-4-12(5-9-17)16-6-2-1-3-7-16/h10-12H,1-9H2,(H,18,19). The second-order valence-electron chi connectivity index (χ2n) is 5.79. The number of likely N-dealkylation sites (tertiary alicyclic amines) is 1. The highest BCUT2D eigenvalue weighted by Gasteiger charge is 2.26. The zero-order valence-electron chi connectivity index (χ0n) is 11.8. The van der Waals surface area contributed by atoms with Crippen molar-refractivity contribution in [3.05, 3.63) is 16.3 Å². The molecule has 0 unspecified atom stereocenters. The summed E-state index contributed by atoms with van der Waals surface area (Å²) in [6, 6.07) is 2.55. The summed E-state index contributed by atoms with van der Waals surface area (Å²) in [5.41, 5.74) is 1.09. The van der Waals surface area contributed by atoms with Gasteiger partial charge in [0.15, 0.2) is 0 Å². The van der Waals surface area contributed by atoms with Crippen LogP contribution in [-0.4, -0.2) is 48.2 Å². The van der Waals surface area contributed by atoms with Crippen LogP contribution in [0.15, 0.2) is 11.4 Å². The molecule has 0 aliphatic carbocycles. The number of anilines is 1. The number of hydrogen-bond acceptors (Lipinski definition) is 4. The fraction of sp³-hybridized carbons (Fsp3) is 0.667. The van der Waals surface area contributed by atoms with E-state index in [1.54, 1.807) is 0 Å². The van der Waals surface area contributed by atoms with E-state index in [1.165, 1.54) is 56.5 Å². The van der Waals surface area contributed by atoms with Crippen molar-refractivity contribution in [3.8, 4) is 0 Å². The second kappa shape index (κ2) is 6.14. The van der Waals surface area contributed by atoms with Gasteiger partial charge in [0.05, 0.1) is 0 Å². The van der Waals surface area contributed by atoms with E-state index in [-0.39, 0.29) is 0 Å². The summed E-state index contributed by atoms with van der Waals surface area (Å²) in [6.07, 6.45) is 6.51. The smallest absolute Gasteiger partial charge is 0.345 e. The van der Waals surface area contributed by atoms with Crippen LogP contribution in [0.5, 0.6) is 0 Å². The molecule has 0 spiro atoms. The number of nitrogens with zero attached hydrogens (tertiary/aromatic N) is 2. The number of thiophene rings is 1. The van der Waals surface area contributed by atoms with E-state index in [1.807, 2.05) is 11.4 Å². The van der Waals surface area contributed by atoms with Gasteiger partial charge in [-0.2, -0.15) is 0 Å². The Morgan fingerprint density at radius 2 is 1.85 bits per heavy atom. The molecule has 0 radical (unpaired) electrons. The molecular weight excluding hydrogens is 272 g/mol. The Kier molecular flexibility index (Phi) is 4.27. The molecule has 4 nitrogen and oxygen atoms in total. The van der Waals surface area contributed by atoms with Crippen LogP contribution in [0.4, 0.5) is 5.69 Å². The van der Waals surface area contributed by atoms with Crippen molar-refractivity contribution in [3.63, 3.8) is 0 Å². The lowest BCUT2D eigenvalue weighted by molar-refractivity contribution is 0.0702. The number of aromatic carboxylic acids is 1. The molecule has 20 heavy (non-hydrogen) atoms. The van der Waals surface area contributed by atoms with Gasteiger partial charge in [-0.3, -0.25) is 0 Å². The molecule has 2 aliphatic rings. The molecule has 5 heteroatoms. The highest BCUT2D eigenvalue weighted by atomic mass is 32.1. The Labute approximate surface area is 124 Å². The van der Waals surface area contributed by atoms with Gasteiger partial charge in [-0.15, -0.1) is 11.3 Å². The third kappa shape index (κ3) is 2.99. The molecule has 110 valence electrons. The highest BCUT2D eigenvalue weighted by Crippen LogP contribution is 2.28. The Hall–Kier alpha value is -1.07. The molecular formula is C15H22N2O2S. The number of carboxylic acid groups (broad SMARTS) is 1. The fourth-order valence-corrected chi connectivity index (χ4v) is 4.13. The predicted molar refractivity (Wildman–Crippen MR) is 81.9 cm³/mol. The number of carbonyl (C=O) groups is 1. The Balaban J connectivity index is 1.56. The topological polar surface area (TPSA) is 43.8 Å². The van der Waals surface area contributed by atoms with Crippen molar-refractivity contribution < 1.29 is 9.90 Å². The van der Waals surface area contributed by atoms with Crippen LogP contribution in [0.25, 0.3) is 0 Å². The number of hydrogen-bond donors (Lipinski definition) is 1. The van der Waals surface area contributed by atoms with Crippen LogP contribution in [0, 0.1) is 0 Å². The maximum atomic E-state index is 10.9. The molecule has 2 saturated heterocycles. The maximum Gasteiger partial charge on any atom is 0.345 e. The average Bonchev–Trinajstić information content (AvgIpc) is 2.98. The van der Waals surface area contributed by atoms with Crippen LogP contribution >= 0.6 is 11.3 Å². The molecule has 1 aromatic heterocycles. The molecule has 2 fully saturated rings. The van der Waals surface area contributed by atoms with Crippen LogP contribution in [0.1, 0.15) is 41.8 Å². The zero-order chi connectivity index (χ0) is 13.9. The van der Waals surface area contributed by atoms with Gasteiger partial charge in [0, 0.05) is 30.2 Å². The lowest BCUT2D eigenvalue weighted by Gasteiger charge is -2.40.